The number of nitrogens with one attached hydrogen (secondary N) is 2. The van der Waals surface area contributed by atoms with Crippen molar-refractivity contribution in [1.29, 1.82) is 0 Å². The number of ether oxygens (including phenoxy) is 1. The molecule has 0 aliphatic carbocycles. The molecule has 0 aliphatic heterocycles. The molecular weight excluding hydrogens is 408 g/mol. The van der Waals surface area contributed by atoms with Crippen LogP contribution < -0.4 is 10.6 Å². The number of fused-ring (bicyclic) bond motifs is 2. The zero-order valence-corrected chi connectivity index (χ0v) is 18.1. The van der Waals surface area contributed by atoms with Gasteiger partial charge < -0.3 is 24.2 Å². The number of aromatic nitrogens is 4. The molecule has 2 amide bonds. The zero-order chi connectivity index (χ0) is 22.6. The van der Waals surface area contributed by atoms with Crippen molar-refractivity contribution in [3.8, 4) is 0 Å². The van der Waals surface area contributed by atoms with E-state index in [2.05, 4.69) is 20.6 Å². The summed E-state index contributed by atoms with van der Waals surface area (Å²) in [5.41, 5.74) is 2.16. The standard InChI is InChI=1S/C23H26N6O3/c1-23(16-32-2,27-22(31)12-18-14-29-10-6-4-8-20(29)26-18)15-24-21(30)11-17-13-28-9-5-3-7-19(28)25-17/h3-10,13-14H,11-12,15-16H2,1-2H3,(H,24,30)(H,27,31). The Morgan fingerprint density at radius 1 is 0.938 bits per heavy atom. The van der Waals surface area contributed by atoms with Crippen LogP contribution in [-0.4, -0.2) is 56.4 Å². The minimum absolute atomic E-state index is 0.135. The summed E-state index contributed by atoms with van der Waals surface area (Å²) in [6.45, 7) is 2.31. The number of hydrogen-bond donors (Lipinski definition) is 2. The smallest absolute Gasteiger partial charge is 0.226 e. The van der Waals surface area contributed by atoms with Gasteiger partial charge in [0, 0.05) is 38.4 Å². The molecular formula is C23H26N6O3. The van der Waals surface area contributed by atoms with Crippen LogP contribution in [-0.2, 0) is 27.2 Å². The summed E-state index contributed by atoms with van der Waals surface area (Å²) < 4.78 is 9.04. The summed E-state index contributed by atoms with van der Waals surface area (Å²) in [6.07, 6.45) is 7.73. The molecule has 0 fully saturated rings. The lowest BCUT2D eigenvalue weighted by atomic mass is 10.0. The molecule has 0 aliphatic rings. The van der Waals surface area contributed by atoms with Crippen molar-refractivity contribution in [3.63, 3.8) is 0 Å². The maximum Gasteiger partial charge on any atom is 0.226 e. The zero-order valence-electron chi connectivity index (χ0n) is 18.1. The molecule has 0 spiro atoms. The number of methoxy groups -OCH3 is 1. The van der Waals surface area contributed by atoms with Crippen LogP contribution in [0.3, 0.4) is 0 Å². The third kappa shape index (κ3) is 5.12. The molecule has 1 unspecified atom stereocenters. The highest BCUT2D eigenvalue weighted by atomic mass is 16.5. The van der Waals surface area contributed by atoms with Gasteiger partial charge in [0.2, 0.25) is 11.8 Å². The number of hydrogen-bond acceptors (Lipinski definition) is 5. The Kier molecular flexibility index (Phi) is 6.18. The molecule has 0 bridgehead atoms. The Morgan fingerprint density at radius 3 is 2.03 bits per heavy atom. The number of imidazole rings is 2. The van der Waals surface area contributed by atoms with Gasteiger partial charge in [0.1, 0.15) is 11.3 Å². The summed E-state index contributed by atoms with van der Waals surface area (Å²) in [7, 11) is 1.56. The second-order valence-corrected chi connectivity index (χ2v) is 8.07. The maximum absolute atomic E-state index is 12.7. The van der Waals surface area contributed by atoms with E-state index in [-0.39, 0.29) is 37.8 Å². The van der Waals surface area contributed by atoms with Crippen molar-refractivity contribution in [2.75, 3.05) is 20.3 Å². The highest BCUT2D eigenvalue weighted by Crippen LogP contribution is 2.09. The summed E-state index contributed by atoms with van der Waals surface area (Å²) in [5.74, 6) is -0.368. The van der Waals surface area contributed by atoms with Gasteiger partial charge >= 0.3 is 0 Å². The van der Waals surface area contributed by atoms with Gasteiger partial charge in [-0.3, -0.25) is 9.59 Å². The van der Waals surface area contributed by atoms with Crippen molar-refractivity contribution < 1.29 is 14.3 Å². The van der Waals surface area contributed by atoms with Crippen LogP contribution >= 0.6 is 0 Å². The first-order valence-electron chi connectivity index (χ1n) is 10.4. The van der Waals surface area contributed by atoms with E-state index >= 15 is 0 Å². The van der Waals surface area contributed by atoms with Crippen LogP contribution in [0.25, 0.3) is 11.3 Å². The van der Waals surface area contributed by atoms with Crippen molar-refractivity contribution in [3.05, 3.63) is 72.6 Å². The molecule has 32 heavy (non-hydrogen) atoms. The van der Waals surface area contributed by atoms with Gasteiger partial charge in [-0.25, -0.2) is 9.97 Å². The minimum Gasteiger partial charge on any atom is -0.382 e. The summed E-state index contributed by atoms with van der Waals surface area (Å²) >= 11 is 0. The molecule has 9 heteroatoms. The van der Waals surface area contributed by atoms with Gasteiger partial charge in [-0.1, -0.05) is 12.1 Å². The molecule has 2 N–H and O–H groups in total. The molecule has 1 atom stereocenters. The normalized spacial score (nSPS) is 13.2. The van der Waals surface area contributed by atoms with E-state index in [1.807, 2.05) is 76.9 Å². The van der Waals surface area contributed by atoms with Crippen LogP contribution in [0, 0.1) is 0 Å². The highest BCUT2D eigenvalue weighted by Gasteiger charge is 2.27. The van der Waals surface area contributed by atoms with Crippen molar-refractivity contribution >= 4 is 23.1 Å². The van der Waals surface area contributed by atoms with Crippen LogP contribution in [0.1, 0.15) is 18.3 Å². The van der Waals surface area contributed by atoms with E-state index in [4.69, 9.17) is 4.74 Å². The predicted molar refractivity (Wildman–Crippen MR) is 119 cm³/mol. The Morgan fingerprint density at radius 2 is 1.50 bits per heavy atom. The van der Waals surface area contributed by atoms with Gasteiger partial charge in [0.15, 0.2) is 0 Å². The monoisotopic (exact) mass is 434 g/mol. The van der Waals surface area contributed by atoms with E-state index in [0.29, 0.717) is 11.4 Å². The molecule has 9 nitrogen and oxygen atoms in total. The minimum atomic E-state index is -0.764. The lowest BCUT2D eigenvalue weighted by Gasteiger charge is -2.30. The molecule has 4 rings (SSSR count). The average Bonchev–Trinajstić information content (AvgIpc) is 3.34. The van der Waals surface area contributed by atoms with Gasteiger partial charge in [-0.15, -0.1) is 0 Å². The third-order valence-corrected chi connectivity index (χ3v) is 5.09. The molecule has 0 saturated heterocycles. The number of pyridine rings is 2. The summed E-state index contributed by atoms with van der Waals surface area (Å²) in [4.78, 5) is 34.1. The van der Waals surface area contributed by atoms with E-state index in [1.54, 1.807) is 7.11 Å². The molecule has 0 saturated carbocycles. The summed E-state index contributed by atoms with van der Waals surface area (Å²) in [5, 5.41) is 5.87. The van der Waals surface area contributed by atoms with E-state index in [9.17, 15) is 9.59 Å². The van der Waals surface area contributed by atoms with Crippen molar-refractivity contribution in [1.82, 2.24) is 29.4 Å². The summed E-state index contributed by atoms with van der Waals surface area (Å²) in [6, 6.07) is 11.4. The molecule has 0 radical (unpaired) electrons. The fourth-order valence-electron chi connectivity index (χ4n) is 3.66. The second kappa shape index (κ2) is 9.19. The Balaban J connectivity index is 1.34. The number of amides is 2. The first-order chi connectivity index (χ1) is 15.4. The first-order valence-corrected chi connectivity index (χ1v) is 10.4. The van der Waals surface area contributed by atoms with Crippen molar-refractivity contribution in [2.24, 2.45) is 0 Å². The number of nitrogens with zero attached hydrogens (tertiary/aromatic N) is 4. The quantitative estimate of drug-likeness (QED) is 0.415. The lowest BCUT2D eigenvalue weighted by Crippen LogP contribution is -2.56. The van der Waals surface area contributed by atoms with Crippen LogP contribution in [0.2, 0.25) is 0 Å². The Bertz CT molecular complexity index is 1180. The van der Waals surface area contributed by atoms with Crippen molar-refractivity contribution in [2.45, 2.75) is 25.3 Å². The fourth-order valence-corrected chi connectivity index (χ4v) is 3.66. The van der Waals surface area contributed by atoms with Crippen LogP contribution in [0.5, 0.6) is 0 Å². The first kappa shape index (κ1) is 21.5. The van der Waals surface area contributed by atoms with Gasteiger partial charge in [-0.2, -0.15) is 0 Å². The van der Waals surface area contributed by atoms with Gasteiger partial charge in [-0.05, 0) is 31.2 Å². The molecule has 4 aromatic rings. The molecule has 4 heterocycles. The highest BCUT2D eigenvalue weighted by molar-refractivity contribution is 5.80. The molecule has 0 aromatic carbocycles. The Hall–Kier alpha value is -3.72. The van der Waals surface area contributed by atoms with Gasteiger partial charge in [0.25, 0.3) is 0 Å². The predicted octanol–water partition coefficient (Wildman–Crippen LogP) is 1.40. The Labute approximate surface area is 185 Å². The van der Waals surface area contributed by atoms with Gasteiger partial charge in [0.05, 0.1) is 36.4 Å². The average molecular weight is 435 g/mol. The number of carbonyl (C=O) groups is 2. The maximum atomic E-state index is 12.7. The largest absolute Gasteiger partial charge is 0.382 e. The fraction of sp³-hybridized carbons (Fsp3) is 0.304. The van der Waals surface area contributed by atoms with Crippen LogP contribution in [0.15, 0.2) is 61.2 Å². The SMILES string of the molecule is COCC(C)(CNC(=O)Cc1cn2ccccc2n1)NC(=O)Cc1cn2ccccc2n1. The molecule has 4 aromatic heterocycles. The van der Waals surface area contributed by atoms with E-state index in [0.717, 1.165) is 11.3 Å². The van der Waals surface area contributed by atoms with E-state index in [1.165, 1.54) is 0 Å². The topological polar surface area (TPSA) is 102 Å². The molecule has 166 valence electrons. The number of carbonyl (C=O) groups excluding carboxylic acids is 2. The lowest BCUT2D eigenvalue weighted by molar-refractivity contribution is -0.124. The van der Waals surface area contributed by atoms with Crippen LogP contribution in [0.4, 0.5) is 0 Å². The third-order valence-electron chi connectivity index (χ3n) is 5.09. The second-order valence-electron chi connectivity index (χ2n) is 8.07. The van der Waals surface area contributed by atoms with E-state index < -0.39 is 5.54 Å². The number of rotatable bonds is 9.